The van der Waals surface area contributed by atoms with E-state index in [0.29, 0.717) is 43.0 Å². The van der Waals surface area contributed by atoms with Crippen LogP contribution >= 0.6 is 0 Å². The molecule has 2 N–H and O–H groups in total. The Hall–Kier alpha value is -3.37. The lowest BCUT2D eigenvalue weighted by Crippen LogP contribution is -2.38. The maximum absolute atomic E-state index is 13.0. The quantitative estimate of drug-likeness (QED) is 0.766. The summed E-state index contributed by atoms with van der Waals surface area (Å²) in [7, 11) is 0. The number of hydrogen-bond donors (Lipinski definition) is 2. The normalized spacial score (nSPS) is 17.1. The van der Waals surface area contributed by atoms with Crippen molar-refractivity contribution in [2.24, 2.45) is 5.41 Å². The van der Waals surface area contributed by atoms with Crippen LogP contribution in [0.5, 0.6) is 0 Å². The fraction of sp³-hybridized carbons (Fsp3) is 0.318. The van der Waals surface area contributed by atoms with Crippen LogP contribution in [0.2, 0.25) is 0 Å². The van der Waals surface area contributed by atoms with Crippen LogP contribution in [0.3, 0.4) is 0 Å². The number of nitrogens with zero attached hydrogens (tertiary/aromatic N) is 2. The average molecular weight is 390 g/mol. The van der Waals surface area contributed by atoms with Crippen molar-refractivity contribution in [2.75, 3.05) is 41.8 Å². The van der Waals surface area contributed by atoms with E-state index in [0.717, 1.165) is 18.8 Å². The highest BCUT2D eigenvalue weighted by Crippen LogP contribution is 2.48. The fourth-order valence-electron chi connectivity index (χ4n) is 3.52. The van der Waals surface area contributed by atoms with Crippen LogP contribution in [-0.2, 0) is 14.3 Å². The summed E-state index contributed by atoms with van der Waals surface area (Å²) in [4.78, 5) is 28.1. The number of ether oxygens (including phenoxy) is 1. The molecule has 148 valence electrons. The minimum Gasteiger partial charge on any atom is -0.378 e. The molecule has 2 aliphatic rings. The van der Waals surface area contributed by atoms with Crippen LogP contribution in [0.15, 0.2) is 48.5 Å². The highest BCUT2D eigenvalue weighted by molar-refractivity contribution is 6.17. The zero-order valence-corrected chi connectivity index (χ0v) is 16.0. The molecule has 2 fully saturated rings. The van der Waals surface area contributed by atoms with E-state index >= 15 is 0 Å². The van der Waals surface area contributed by atoms with E-state index in [1.165, 1.54) is 0 Å². The van der Waals surface area contributed by atoms with Gasteiger partial charge in [-0.1, -0.05) is 24.3 Å². The minimum absolute atomic E-state index is 0.315. The molecule has 2 amide bonds. The maximum atomic E-state index is 13.0. The zero-order chi connectivity index (χ0) is 20.3. The van der Waals surface area contributed by atoms with Gasteiger partial charge in [0.05, 0.1) is 35.8 Å². The zero-order valence-electron chi connectivity index (χ0n) is 16.0. The third-order valence-electron chi connectivity index (χ3n) is 5.42. The van der Waals surface area contributed by atoms with Gasteiger partial charge in [-0.15, -0.1) is 0 Å². The Kier molecular flexibility index (Phi) is 5.19. The molecule has 29 heavy (non-hydrogen) atoms. The van der Waals surface area contributed by atoms with Gasteiger partial charge in [-0.2, -0.15) is 5.26 Å². The highest BCUT2D eigenvalue weighted by Gasteiger charge is 2.56. The molecule has 1 aliphatic heterocycles. The number of amides is 2. The van der Waals surface area contributed by atoms with Gasteiger partial charge in [0.2, 0.25) is 11.8 Å². The summed E-state index contributed by atoms with van der Waals surface area (Å²) in [5.41, 5.74) is 1.31. The first-order valence-corrected chi connectivity index (χ1v) is 9.68. The summed E-state index contributed by atoms with van der Waals surface area (Å²) in [5, 5.41) is 14.9. The number of hydrogen-bond acceptors (Lipinski definition) is 5. The highest BCUT2D eigenvalue weighted by atomic mass is 16.5. The van der Waals surface area contributed by atoms with E-state index in [1.807, 2.05) is 24.3 Å². The maximum Gasteiger partial charge on any atom is 0.240 e. The van der Waals surface area contributed by atoms with Crippen LogP contribution in [0, 0.1) is 16.7 Å². The van der Waals surface area contributed by atoms with E-state index in [9.17, 15) is 14.9 Å². The molecular formula is C22H22N4O3. The summed E-state index contributed by atoms with van der Waals surface area (Å²) in [5.74, 6) is -0.688. The number of carbonyl (C=O) groups is 2. The number of nitrogens with one attached hydrogen (secondary N) is 2. The Bertz CT molecular complexity index is 972. The van der Waals surface area contributed by atoms with E-state index in [2.05, 4.69) is 21.6 Å². The monoisotopic (exact) mass is 390 g/mol. The van der Waals surface area contributed by atoms with Gasteiger partial charge in [-0.3, -0.25) is 9.59 Å². The number of benzene rings is 2. The predicted molar refractivity (Wildman–Crippen MR) is 110 cm³/mol. The smallest absolute Gasteiger partial charge is 0.240 e. The fourth-order valence-corrected chi connectivity index (χ4v) is 3.52. The molecule has 0 unspecified atom stereocenters. The van der Waals surface area contributed by atoms with Gasteiger partial charge in [-0.25, -0.2) is 0 Å². The molecule has 0 atom stereocenters. The van der Waals surface area contributed by atoms with E-state index < -0.39 is 5.41 Å². The van der Waals surface area contributed by atoms with Gasteiger partial charge < -0.3 is 20.3 Å². The van der Waals surface area contributed by atoms with Crippen molar-refractivity contribution in [1.82, 2.24) is 0 Å². The van der Waals surface area contributed by atoms with Crippen molar-refractivity contribution < 1.29 is 14.3 Å². The van der Waals surface area contributed by atoms with Gasteiger partial charge in [0, 0.05) is 13.1 Å². The van der Waals surface area contributed by atoms with E-state index in [-0.39, 0.29) is 11.8 Å². The third-order valence-corrected chi connectivity index (χ3v) is 5.42. The molecular weight excluding hydrogens is 368 g/mol. The Morgan fingerprint density at radius 3 is 2.17 bits per heavy atom. The molecule has 0 bridgehead atoms. The molecule has 1 saturated carbocycles. The molecule has 1 saturated heterocycles. The summed E-state index contributed by atoms with van der Waals surface area (Å²) in [6, 6.07) is 16.4. The average Bonchev–Trinajstić information content (AvgIpc) is 3.57. The Morgan fingerprint density at radius 1 is 0.931 bits per heavy atom. The number of morpholine rings is 1. The summed E-state index contributed by atoms with van der Waals surface area (Å²) < 4.78 is 5.41. The lowest BCUT2D eigenvalue weighted by atomic mass is 10.0. The molecule has 1 heterocycles. The van der Waals surface area contributed by atoms with E-state index in [1.54, 1.807) is 24.3 Å². The molecule has 7 nitrogen and oxygen atoms in total. The summed E-state index contributed by atoms with van der Waals surface area (Å²) in [6.45, 7) is 2.80. The van der Waals surface area contributed by atoms with Crippen LogP contribution in [0.4, 0.5) is 17.1 Å². The number of para-hydroxylation sites is 3. The molecule has 7 heteroatoms. The number of rotatable bonds is 5. The molecule has 0 radical (unpaired) electrons. The second-order valence-electron chi connectivity index (χ2n) is 7.26. The van der Waals surface area contributed by atoms with Crippen molar-refractivity contribution in [3.8, 4) is 6.07 Å². The lowest BCUT2D eigenvalue weighted by molar-refractivity contribution is -0.131. The second kappa shape index (κ2) is 7.94. The third kappa shape index (κ3) is 3.80. The Morgan fingerprint density at radius 2 is 1.52 bits per heavy atom. The molecule has 4 rings (SSSR count). The first-order valence-electron chi connectivity index (χ1n) is 9.68. The van der Waals surface area contributed by atoms with Crippen LogP contribution in [-0.4, -0.2) is 38.1 Å². The molecule has 0 spiro atoms. The van der Waals surface area contributed by atoms with Crippen LogP contribution < -0.4 is 15.5 Å². The minimum atomic E-state index is -1.10. The van der Waals surface area contributed by atoms with Gasteiger partial charge in [-0.05, 0) is 37.1 Å². The largest absolute Gasteiger partial charge is 0.378 e. The first-order chi connectivity index (χ1) is 14.1. The summed E-state index contributed by atoms with van der Waals surface area (Å²) >= 11 is 0. The van der Waals surface area contributed by atoms with Gasteiger partial charge in [0.25, 0.3) is 0 Å². The number of anilines is 3. The van der Waals surface area contributed by atoms with Crippen molar-refractivity contribution in [2.45, 2.75) is 12.8 Å². The van der Waals surface area contributed by atoms with Gasteiger partial charge in [0.1, 0.15) is 11.5 Å². The topological polar surface area (TPSA) is 94.5 Å². The lowest BCUT2D eigenvalue weighted by Gasteiger charge is -2.30. The molecule has 0 aromatic heterocycles. The standard InChI is InChI=1S/C22H22N4O3/c23-15-16-5-1-2-6-17(16)24-20(27)22(9-10-22)21(28)25-18-7-3-4-8-19(18)26-11-13-29-14-12-26/h1-8H,9-14H2,(H,24,27)(H,25,28). The van der Waals surface area contributed by atoms with Crippen molar-refractivity contribution >= 4 is 28.9 Å². The Balaban J connectivity index is 1.50. The van der Waals surface area contributed by atoms with E-state index in [4.69, 9.17) is 4.74 Å². The van der Waals surface area contributed by atoms with Crippen molar-refractivity contribution in [3.05, 3.63) is 54.1 Å². The molecule has 2 aromatic rings. The van der Waals surface area contributed by atoms with Crippen LogP contribution in [0.25, 0.3) is 0 Å². The predicted octanol–water partition coefficient (Wildman–Crippen LogP) is 2.75. The van der Waals surface area contributed by atoms with Gasteiger partial charge in [0.15, 0.2) is 0 Å². The number of carbonyl (C=O) groups excluding carboxylic acids is 2. The van der Waals surface area contributed by atoms with Gasteiger partial charge >= 0.3 is 0 Å². The first kappa shape index (κ1) is 19.0. The number of nitriles is 1. The SMILES string of the molecule is N#Cc1ccccc1NC(=O)C1(C(=O)Nc2ccccc2N2CCOCC2)CC1. The Labute approximate surface area is 169 Å². The second-order valence-corrected chi connectivity index (χ2v) is 7.26. The summed E-state index contributed by atoms with van der Waals surface area (Å²) in [6.07, 6.45) is 0.970. The van der Waals surface area contributed by atoms with Crippen molar-refractivity contribution in [3.63, 3.8) is 0 Å². The van der Waals surface area contributed by atoms with Crippen LogP contribution in [0.1, 0.15) is 18.4 Å². The molecule has 2 aromatic carbocycles. The van der Waals surface area contributed by atoms with Crippen molar-refractivity contribution in [1.29, 1.82) is 5.26 Å². The molecule has 1 aliphatic carbocycles.